The number of nitrogens with zero attached hydrogens (tertiary/aromatic N) is 4. The Balaban J connectivity index is -0.00000244. The van der Waals surface area contributed by atoms with Gasteiger partial charge < -0.3 is 20.6 Å². The minimum absolute atomic E-state index is 0.0533. The van der Waals surface area contributed by atoms with Crippen LogP contribution in [0.15, 0.2) is 42.2 Å². The average Bonchev–Trinajstić information content (AvgIpc) is 2.88. The summed E-state index contributed by atoms with van der Waals surface area (Å²) in [4.78, 5) is 22.4. The maximum absolute atomic E-state index is 11.5. The third kappa shape index (κ3) is 32.6. The molecule has 0 rings (SSSR count). The number of nitrogens with one attached hydrogen (secondary N) is 2. The zero-order chi connectivity index (χ0) is 33.7. The van der Waals surface area contributed by atoms with Gasteiger partial charge in [0.15, 0.2) is 0 Å². The van der Waals surface area contributed by atoms with E-state index >= 15 is 0 Å². The highest BCUT2D eigenvalue weighted by Gasteiger charge is 2.16. The zero-order valence-electron chi connectivity index (χ0n) is 30.1. The highest BCUT2D eigenvalue weighted by molar-refractivity contribution is 5.69. The number of aliphatic carboxylic acids is 1. The van der Waals surface area contributed by atoms with Crippen molar-refractivity contribution in [2.45, 2.75) is 112 Å². The summed E-state index contributed by atoms with van der Waals surface area (Å²) in [6.45, 7) is 37.4. The molecule has 8 nitrogen and oxygen atoms in total. The number of unbranched alkanes of at least 4 members (excludes halogenated alkanes) is 1. The minimum atomic E-state index is -0.784. The molecule has 0 saturated carbocycles. The predicted molar refractivity (Wildman–Crippen MR) is 191 cm³/mol. The largest absolute Gasteiger partial charge is 0.480 e. The molecule has 1 unspecified atom stereocenters. The molecule has 254 valence electrons. The van der Waals surface area contributed by atoms with Gasteiger partial charge in [0, 0.05) is 70.7 Å². The molecule has 8 heteroatoms. The Morgan fingerprint density at radius 1 is 0.930 bits per heavy atom. The molecule has 1 atom stereocenters. The van der Waals surface area contributed by atoms with Gasteiger partial charge in [-0.15, -0.1) is 6.58 Å². The van der Waals surface area contributed by atoms with Gasteiger partial charge in [0.1, 0.15) is 0 Å². The number of aliphatic imine (C=N–C) groups is 1. The third-order valence-electron chi connectivity index (χ3n) is 5.90. The average molecular weight is 609 g/mol. The molecule has 0 aromatic carbocycles. The van der Waals surface area contributed by atoms with E-state index in [0.717, 1.165) is 89.3 Å². The maximum atomic E-state index is 11.5. The first-order valence-corrected chi connectivity index (χ1v) is 16.5. The molecule has 43 heavy (non-hydrogen) atoms. The van der Waals surface area contributed by atoms with Crippen LogP contribution in [0.3, 0.4) is 0 Å². The van der Waals surface area contributed by atoms with Crippen LogP contribution in [-0.2, 0) is 4.79 Å². The number of carboxylic acid groups (broad SMARTS) is 1. The van der Waals surface area contributed by atoms with Gasteiger partial charge in [-0.2, -0.15) is 0 Å². The predicted octanol–water partition coefficient (Wildman–Crippen LogP) is 6.67. The quantitative estimate of drug-likeness (QED) is 0.0679. The zero-order valence-corrected chi connectivity index (χ0v) is 30.1. The first kappa shape index (κ1) is 45.3. The van der Waals surface area contributed by atoms with E-state index in [0.29, 0.717) is 6.54 Å². The Bertz CT molecular complexity index is 732. The Hall–Kier alpha value is -2.16. The standard InChI is InChI=1S/C29H58N6O2.C3H8.C3H6/c1-10-16-33(23-25(3)4)18-19-34(24-28(36)37)20-21-35(17-11-2)26(5)31-15-13-12-14-27(22-30-9)32-29(6,7)8;2*1-3-2/h22,27,31-32H,3,5,10-21,23-24H2,1-2,4,6-9H3,(H,36,37);3H2,1-2H3;3H,1H2,2H3. The molecular weight excluding hydrogens is 536 g/mol. The van der Waals surface area contributed by atoms with Crippen molar-refractivity contribution >= 4 is 12.2 Å². The number of hydrogen-bond acceptors (Lipinski definition) is 7. The molecule has 0 aromatic rings. The third-order valence-corrected chi connectivity index (χ3v) is 5.90. The van der Waals surface area contributed by atoms with E-state index in [-0.39, 0.29) is 18.1 Å². The van der Waals surface area contributed by atoms with E-state index < -0.39 is 5.97 Å². The van der Waals surface area contributed by atoms with Crippen molar-refractivity contribution in [1.82, 2.24) is 25.3 Å². The van der Waals surface area contributed by atoms with Gasteiger partial charge in [-0.3, -0.25) is 19.6 Å². The first-order valence-electron chi connectivity index (χ1n) is 16.5. The van der Waals surface area contributed by atoms with Crippen LogP contribution in [-0.4, -0.2) is 110 Å². The molecule has 3 N–H and O–H groups in total. The van der Waals surface area contributed by atoms with E-state index in [1.54, 1.807) is 6.08 Å². The van der Waals surface area contributed by atoms with Gasteiger partial charge in [0.25, 0.3) is 0 Å². The molecule has 0 fully saturated rings. The van der Waals surface area contributed by atoms with E-state index in [4.69, 9.17) is 0 Å². The van der Waals surface area contributed by atoms with Crippen LogP contribution in [0.1, 0.15) is 101 Å². The SMILES string of the molecule is C=C(C)CN(CCC)CCN(CCN(CCC)C(=C)NCCCCC(C=NC)NC(C)(C)C)CC(=O)O.C=CC.CCC. The minimum Gasteiger partial charge on any atom is -0.480 e. The van der Waals surface area contributed by atoms with Gasteiger partial charge in [-0.05, 0) is 73.3 Å². The van der Waals surface area contributed by atoms with Crippen LogP contribution in [0.25, 0.3) is 0 Å². The lowest BCUT2D eigenvalue weighted by atomic mass is 10.0. The second kappa shape index (κ2) is 29.9. The number of hydrogen-bond donors (Lipinski definition) is 3. The maximum Gasteiger partial charge on any atom is 0.317 e. The monoisotopic (exact) mass is 609 g/mol. The summed E-state index contributed by atoms with van der Waals surface area (Å²) in [7, 11) is 1.83. The van der Waals surface area contributed by atoms with Crippen molar-refractivity contribution in [3.05, 3.63) is 37.2 Å². The van der Waals surface area contributed by atoms with Crippen LogP contribution in [0, 0.1) is 0 Å². The fourth-order valence-electron chi connectivity index (χ4n) is 4.38. The molecule has 0 aliphatic rings. The summed E-state index contributed by atoms with van der Waals surface area (Å²) in [6, 6.07) is 0.286. The van der Waals surface area contributed by atoms with Crippen molar-refractivity contribution in [2.75, 3.05) is 66.0 Å². The summed E-state index contributed by atoms with van der Waals surface area (Å²) >= 11 is 0. The topological polar surface area (TPSA) is 83.4 Å². The normalized spacial score (nSPS) is 11.8. The van der Waals surface area contributed by atoms with E-state index in [1.807, 2.05) is 32.0 Å². The number of carboxylic acids is 1. The number of allylic oxidation sites excluding steroid dienone is 1. The molecule has 0 spiro atoms. The van der Waals surface area contributed by atoms with Crippen LogP contribution in [0.4, 0.5) is 0 Å². The van der Waals surface area contributed by atoms with Crippen molar-refractivity contribution in [2.24, 2.45) is 4.99 Å². The smallest absolute Gasteiger partial charge is 0.317 e. The Morgan fingerprint density at radius 2 is 1.44 bits per heavy atom. The molecule has 0 heterocycles. The number of rotatable bonds is 23. The van der Waals surface area contributed by atoms with Crippen LogP contribution in [0.5, 0.6) is 0 Å². The highest BCUT2D eigenvalue weighted by atomic mass is 16.4. The highest BCUT2D eigenvalue weighted by Crippen LogP contribution is 2.08. The Morgan fingerprint density at radius 3 is 1.88 bits per heavy atom. The summed E-state index contributed by atoms with van der Waals surface area (Å²) in [6.07, 6.45) is 10.3. The first-order chi connectivity index (χ1) is 20.2. The van der Waals surface area contributed by atoms with E-state index in [9.17, 15) is 9.90 Å². The van der Waals surface area contributed by atoms with Crippen LogP contribution >= 0.6 is 0 Å². The van der Waals surface area contributed by atoms with Crippen molar-refractivity contribution in [3.8, 4) is 0 Å². The van der Waals surface area contributed by atoms with E-state index in [1.165, 1.54) is 6.42 Å². The lowest BCUT2D eigenvalue weighted by molar-refractivity contribution is -0.138. The number of carbonyl (C=O) groups is 1. The Labute approximate surface area is 267 Å². The lowest BCUT2D eigenvalue weighted by Crippen LogP contribution is -2.44. The fourth-order valence-corrected chi connectivity index (χ4v) is 4.38. The van der Waals surface area contributed by atoms with Crippen LogP contribution in [0.2, 0.25) is 0 Å². The summed E-state index contributed by atoms with van der Waals surface area (Å²) in [5.74, 6) is 0.139. The molecule has 0 saturated heterocycles. The molecule has 0 bridgehead atoms. The van der Waals surface area contributed by atoms with Gasteiger partial charge >= 0.3 is 5.97 Å². The molecule has 0 radical (unpaired) electrons. The van der Waals surface area contributed by atoms with Crippen molar-refractivity contribution < 1.29 is 9.90 Å². The van der Waals surface area contributed by atoms with Gasteiger partial charge in [-0.1, -0.05) is 58.9 Å². The van der Waals surface area contributed by atoms with Gasteiger partial charge in [-0.25, -0.2) is 0 Å². The second-order valence-corrected chi connectivity index (χ2v) is 12.3. The Kier molecular flexibility index (Phi) is 31.5. The van der Waals surface area contributed by atoms with Gasteiger partial charge in [0.05, 0.1) is 12.4 Å². The molecule has 0 amide bonds. The molecule has 0 aliphatic carbocycles. The van der Waals surface area contributed by atoms with Crippen molar-refractivity contribution in [3.63, 3.8) is 0 Å². The lowest BCUT2D eigenvalue weighted by Gasteiger charge is -2.31. The van der Waals surface area contributed by atoms with Crippen molar-refractivity contribution in [1.29, 1.82) is 0 Å². The van der Waals surface area contributed by atoms with E-state index in [2.05, 4.69) is 93.6 Å². The second-order valence-electron chi connectivity index (χ2n) is 12.3. The van der Waals surface area contributed by atoms with Gasteiger partial charge in [0.2, 0.25) is 0 Å². The molecular formula is C35H72N6O2. The summed E-state index contributed by atoms with van der Waals surface area (Å²) < 4.78 is 0. The summed E-state index contributed by atoms with van der Waals surface area (Å²) in [5.41, 5.74) is 1.20. The van der Waals surface area contributed by atoms with Crippen LogP contribution < -0.4 is 10.6 Å². The molecule has 0 aromatic heterocycles. The fraction of sp³-hybridized carbons (Fsp3) is 0.771. The molecule has 0 aliphatic heterocycles. The summed E-state index contributed by atoms with van der Waals surface area (Å²) in [5, 5.41) is 16.6.